The molecule has 12 heteroatoms. The summed E-state index contributed by atoms with van der Waals surface area (Å²) in [6.45, 7) is 11.1. The highest BCUT2D eigenvalue weighted by Gasteiger charge is 2.59. The molecule has 1 aliphatic rings. The van der Waals surface area contributed by atoms with Gasteiger partial charge < -0.3 is 31.9 Å². The Labute approximate surface area is 735 Å². The zero-order chi connectivity index (χ0) is 85.4. The lowest BCUT2D eigenvalue weighted by Crippen LogP contribution is -2.61. The lowest BCUT2D eigenvalue weighted by molar-refractivity contribution is -0.147. The van der Waals surface area contributed by atoms with Crippen molar-refractivity contribution in [3.05, 3.63) is 96.1 Å². The van der Waals surface area contributed by atoms with Crippen LogP contribution in [0.15, 0.2) is 84.9 Å². The van der Waals surface area contributed by atoms with Crippen LogP contribution in [0.5, 0.6) is 0 Å². The Balaban J connectivity index is 1.30. The van der Waals surface area contributed by atoms with Crippen LogP contribution in [0.4, 0.5) is 0 Å². The Bertz CT molecular complexity index is 3000. The van der Waals surface area contributed by atoms with Gasteiger partial charge in [-0.05, 0) is 71.2 Å². The molecule has 0 spiro atoms. The summed E-state index contributed by atoms with van der Waals surface area (Å²) in [5.74, 6) is -4.89. The van der Waals surface area contributed by atoms with Crippen LogP contribution >= 0.6 is 0 Å². The zero-order valence-electron chi connectivity index (χ0n) is 77.9. The highest BCUT2D eigenvalue weighted by Crippen LogP contribution is 2.59. The Morgan fingerprint density at radius 1 is 0.242 bits per heavy atom. The van der Waals surface area contributed by atoms with Gasteiger partial charge in [0.05, 0.1) is 11.8 Å². The largest absolute Gasteiger partial charge is 0.356 e. The predicted octanol–water partition coefficient (Wildman–Crippen LogP) is 29.1. The second-order valence-corrected chi connectivity index (χ2v) is 37.0. The summed E-state index contributed by atoms with van der Waals surface area (Å²) in [6.07, 6.45) is 81.3. The Morgan fingerprint density at radius 2 is 0.442 bits per heavy atom. The molecule has 0 aromatic heterocycles. The van der Waals surface area contributed by atoms with Crippen molar-refractivity contribution in [2.24, 2.45) is 11.8 Å². The molecule has 4 aromatic carbocycles. The first-order valence-electron chi connectivity index (χ1n) is 51.8. The first kappa shape index (κ1) is 105. The average Bonchev–Trinajstić information content (AvgIpc) is 0.716. The number of carbonyl (C=O) groups is 6. The standard InChI is InChI=1S/C108H182N6O6/c1-5-9-13-17-21-25-29-33-37-41-45-49-53-57-61-69-85-109-99(115)83-81-97(105(117)111-87-71-63-59-55-51-47-43-39-35-31-27-23-19-15-11-7-3)113-107(119)103-101(95-79-77-91-73-65-67-75-93(91)89-95)102(96-80-78-92-74-66-68-76-94(92)90-96)104(103)108(120)114-98(106(118)112-88-72-64-60-56-52-48-44-40-36-32-28-24-20-16-12-8-4)82-84-100(116)110-86-70-62-58-54-50-46-42-38-34-30-26-22-18-14-10-6-2/h65-68,73-80,89-90,97-98,101-104H,5-64,69-72,81-88H2,1-4H3,(H,109,115)(H,110,116)(H,111,117)(H,112,118)(H,113,119)(H,114,120). The van der Waals surface area contributed by atoms with Crippen molar-refractivity contribution in [3.8, 4) is 0 Å². The molecule has 6 unspecified atom stereocenters. The fourth-order valence-corrected chi connectivity index (χ4v) is 18.7. The van der Waals surface area contributed by atoms with Gasteiger partial charge in [-0.25, -0.2) is 0 Å². The fraction of sp³-hybridized carbons (Fsp3) is 0.759. The van der Waals surface area contributed by atoms with E-state index in [2.05, 4.69) is 120 Å². The highest BCUT2D eigenvalue weighted by atomic mass is 16.2. The van der Waals surface area contributed by atoms with Crippen molar-refractivity contribution in [1.29, 1.82) is 0 Å². The van der Waals surface area contributed by atoms with Crippen LogP contribution in [-0.4, -0.2) is 73.7 Å². The van der Waals surface area contributed by atoms with Crippen LogP contribution < -0.4 is 31.9 Å². The first-order valence-corrected chi connectivity index (χ1v) is 51.8. The number of rotatable bonds is 82. The fourth-order valence-electron chi connectivity index (χ4n) is 18.7. The lowest BCUT2D eigenvalue weighted by Gasteiger charge is -2.51. The molecule has 12 nitrogen and oxygen atoms in total. The average molecular weight is 1660 g/mol. The number of unbranched alkanes of at least 4 members (excludes halogenated alkanes) is 60. The van der Waals surface area contributed by atoms with Gasteiger partial charge in [-0.2, -0.15) is 0 Å². The molecule has 0 radical (unpaired) electrons. The van der Waals surface area contributed by atoms with E-state index in [1.807, 2.05) is 24.3 Å². The van der Waals surface area contributed by atoms with Crippen LogP contribution in [0.25, 0.3) is 21.5 Å². The van der Waals surface area contributed by atoms with Gasteiger partial charge in [0, 0.05) is 50.9 Å². The summed E-state index contributed by atoms with van der Waals surface area (Å²) in [4.78, 5) is 89.5. The molecule has 1 fully saturated rings. The van der Waals surface area contributed by atoms with Crippen molar-refractivity contribution in [1.82, 2.24) is 31.9 Å². The van der Waals surface area contributed by atoms with Crippen molar-refractivity contribution in [2.45, 2.75) is 488 Å². The van der Waals surface area contributed by atoms with Gasteiger partial charge in [0.25, 0.3) is 0 Å². The maximum absolute atomic E-state index is 16.0. The summed E-state index contributed by atoms with van der Waals surface area (Å²) in [5.41, 5.74) is 1.78. The summed E-state index contributed by atoms with van der Waals surface area (Å²) in [5, 5.41) is 23.3. The number of hydrogen-bond acceptors (Lipinski definition) is 6. The number of carbonyl (C=O) groups excluding carboxylic acids is 6. The Hall–Kier alpha value is -5.78. The maximum atomic E-state index is 16.0. The molecule has 0 aliphatic heterocycles. The third-order valence-corrected chi connectivity index (χ3v) is 26.4. The number of fused-ring (bicyclic) bond motifs is 2. The normalized spacial score (nSPS) is 15.0. The van der Waals surface area contributed by atoms with E-state index < -0.39 is 47.6 Å². The maximum Gasteiger partial charge on any atom is 0.242 e. The third-order valence-electron chi connectivity index (χ3n) is 26.4. The third kappa shape index (κ3) is 49.1. The van der Waals surface area contributed by atoms with Gasteiger partial charge in [-0.1, -0.05) is 498 Å². The minimum absolute atomic E-state index is 0.0436. The molecule has 5 rings (SSSR count). The monoisotopic (exact) mass is 1660 g/mol. The molecule has 0 saturated heterocycles. The van der Waals surface area contributed by atoms with Crippen molar-refractivity contribution >= 4 is 57.0 Å². The summed E-state index contributed by atoms with van der Waals surface area (Å²) >= 11 is 0. The van der Waals surface area contributed by atoms with E-state index in [1.165, 1.54) is 334 Å². The van der Waals surface area contributed by atoms with Gasteiger partial charge in [0.1, 0.15) is 12.1 Å². The summed E-state index contributed by atoms with van der Waals surface area (Å²) < 4.78 is 0. The van der Waals surface area contributed by atoms with Gasteiger partial charge >= 0.3 is 0 Å². The predicted molar refractivity (Wildman–Crippen MR) is 513 cm³/mol. The Kier molecular flexibility index (Phi) is 63.3. The molecule has 4 aromatic rings. The van der Waals surface area contributed by atoms with E-state index in [4.69, 9.17) is 0 Å². The van der Waals surface area contributed by atoms with Gasteiger partial charge in [-0.15, -0.1) is 0 Å². The molecule has 6 amide bonds. The van der Waals surface area contributed by atoms with Gasteiger partial charge in [0.2, 0.25) is 35.4 Å². The number of benzene rings is 4. The quantitative estimate of drug-likeness (QED) is 0.0240. The topological polar surface area (TPSA) is 175 Å². The first-order chi connectivity index (χ1) is 59.1. The van der Waals surface area contributed by atoms with E-state index >= 15 is 9.59 Å². The molecule has 6 atom stereocenters. The summed E-state index contributed by atoms with van der Waals surface area (Å²) in [6, 6.07) is 26.9. The van der Waals surface area contributed by atoms with E-state index in [0.29, 0.717) is 26.2 Å². The number of hydrogen-bond donors (Lipinski definition) is 6. The molecular formula is C108H182N6O6. The van der Waals surface area contributed by atoms with Crippen LogP contribution in [0, 0.1) is 11.8 Å². The molecule has 0 heterocycles. The van der Waals surface area contributed by atoms with Crippen molar-refractivity contribution < 1.29 is 28.8 Å². The van der Waals surface area contributed by atoms with Gasteiger partial charge in [0.15, 0.2) is 0 Å². The molecule has 680 valence electrons. The molecule has 6 N–H and O–H groups in total. The van der Waals surface area contributed by atoms with Crippen molar-refractivity contribution in [3.63, 3.8) is 0 Å². The second kappa shape index (κ2) is 72.5. The van der Waals surface area contributed by atoms with Crippen LogP contribution in [0.2, 0.25) is 0 Å². The van der Waals surface area contributed by atoms with E-state index in [0.717, 1.165) is 110 Å². The van der Waals surface area contributed by atoms with Crippen molar-refractivity contribution in [2.75, 3.05) is 26.2 Å². The number of amides is 6. The molecular weight excluding hydrogens is 1480 g/mol. The van der Waals surface area contributed by atoms with E-state index in [1.54, 1.807) is 0 Å². The second-order valence-electron chi connectivity index (χ2n) is 37.0. The van der Waals surface area contributed by atoms with Gasteiger partial charge in [-0.3, -0.25) is 28.8 Å². The molecule has 120 heavy (non-hydrogen) atoms. The zero-order valence-corrected chi connectivity index (χ0v) is 77.9. The molecule has 1 saturated carbocycles. The van der Waals surface area contributed by atoms with E-state index in [-0.39, 0.29) is 49.3 Å². The minimum Gasteiger partial charge on any atom is -0.356 e. The SMILES string of the molecule is CCCCCCCCCCCCCCCCCCNC(=O)CCC(NC(=O)C1C(C(=O)NC(CCC(=O)NCCCCCCCCCCCCCCCCCC)C(=O)NCCCCCCCCCCCCCCCCCC)C(c2ccc3ccccc3c2)C1c1ccc2ccccc2c1)C(=O)NCCCCCCCCCCCCCCCCCC. The van der Waals surface area contributed by atoms with Crippen LogP contribution in [0.3, 0.4) is 0 Å². The molecule has 0 bridgehead atoms. The van der Waals surface area contributed by atoms with E-state index in [9.17, 15) is 19.2 Å². The minimum atomic E-state index is -1.05. The van der Waals surface area contributed by atoms with Crippen LogP contribution in [-0.2, 0) is 28.8 Å². The highest BCUT2D eigenvalue weighted by molar-refractivity contribution is 5.97. The lowest BCUT2D eigenvalue weighted by atomic mass is 9.51. The molecule has 1 aliphatic carbocycles. The number of nitrogens with one attached hydrogen (secondary N) is 6. The van der Waals surface area contributed by atoms with Crippen LogP contribution in [0.1, 0.15) is 487 Å². The Morgan fingerprint density at radius 3 is 0.667 bits per heavy atom. The summed E-state index contributed by atoms with van der Waals surface area (Å²) in [7, 11) is 0. The smallest absolute Gasteiger partial charge is 0.242 e.